The van der Waals surface area contributed by atoms with Gasteiger partial charge in [-0.15, -0.1) is 0 Å². The van der Waals surface area contributed by atoms with Crippen molar-refractivity contribution in [3.63, 3.8) is 0 Å². The van der Waals surface area contributed by atoms with Crippen LogP contribution in [-0.2, 0) is 10.8 Å². The highest BCUT2D eigenvalue weighted by molar-refractivity contribution is 6.80. The Morgan fingerprint density at radius 1 is 0.533 bits per heavy atom. The monoisotopic (exact) mass is 625 g/mol. The van der Waals surface area contributed by atoms with Crippen molar-refractivity contribution in [3.8, 4) is 0 Å². The molecule has 4 fully saturated rings. The summed E-state index contributed by atoms with van der Waals surface area (Å²) in [5.41, 5.74) is 8.80. The van der Waals surface area contributed by atoms with Crippen LogP contribution in [0.2, 0.25) is 24.2 Å². The summed E-state index contributed by atoms with van der Waals surface area (Å²) in [6, 6.07) is 20.0. The summed E-state index contributed by atoms with van der Waals surface area (Å²) in [6.07, 6.45) is 14.6. The van der Waals surface area contributed by atoms with Gasteiger partial charge >= 0.3 is 0 Å². The topological polar surface area (TPSA) is 0 Å². The molecule has 1 heteroatoms. The van der Waals surface area contributed by atoms with E-state index in [4.69, 9.17) is 0 Å². The third kappa shape index (κ3) is 6.20. The fraction of sp³-hybridized carbons (Fsp3) is 0.727. The van der Waals surface area contributed by atoms with Crippen LogP contribution >= 0.6 is 0 Å². The first-order valence-corrected chi connectivity index (χ1v) is 22.6. The van der Waals surface area contributed by atoms with Gasteiger partial charge in [-0.1, -0.05) is 156 Å². The Balaban J connectivity index is 1.27. The van der Waals surface area contributed by atoms with Crippen molar-refractivity contribution in [1.29, 1.82) is 0 Å². The van der Waals surface area contributed by atoms with E-state index < -0.39 is 8.07 Å². The summed E-state index contributed by atoms with van der Waals surface area (Å²) in [5.74, 6) is 7.26. The van der Waals surface area contributed by atoms with Crippen LogP contribution in [-0.4, -0.2) is 8.07 Å². The van der Waals surface area contributed by atoms with E-state index in [0.29, 0.717) is 0 Å². The summed E-state index contributed by atoms with van der Waals surface area (Å²) < 4.78 is 0. The second-order valence-corrected chi connectivity index (χ2v) is 24.1. The Labute approximate surface area is 280 Å². The normalized spacial score (nSPS) is 35.7. The fourth-order valence-electron chi connectivity index (χ4n) is 12.5. The molecular formula is C44H68Si. The van der Waals surface area contributed by atoms with Crippen molar-refractivity contribution in [2.24, 2.45) is 35.5 Å². The van der Waals surface area contributed by atoms with Crippen molar-refractivity contribution >= 4 is 8.07 Å². The van der Waals surface area contributed by atoms with Crippen LogP contribution in [0.4, 0.5) is 0 Å². The van der Waals surface area contributed by atoms with Crippen LogP contribution < -0.4 is 0 Å². The van der Waals surface area contributed by atoms with Crippen molar-refractivity contribution < 1.29 is 0 Å². The predicted octanol–water partition coefficient (Wildman–Crippen LogP) is 13.3. The van der Waals surface area contributed by atoms with Crippen LogP contribution in [0.1, 0.15) is 154 Å². The molecule has 10 unspecified atom stereocenters. The molecule has 2 aromatic rings. The van der Waals surface area contributed by atoms with Crippen LogP contribution in [0.3, 0.4) is 0 Å². The molecule has 0 heterocycles. The molecule has 0 bridgehead atoms. The molecule has 6 rings (SSSR count). The molecule has 0 radical (unpaired) electrons. The number of rotatable bonds is 6. The van der Waals surface area contributed by atoms with Gasteiger partial charge in [0.1, 0.15) is 0 Å². The number of hydrogen-bond acceptors (Lipinski definition) is 0. The molecule has 4 aliphatic rings. The van der Waals surface area contributed by atoms with Gasteiger partial charge < -0.3 is 0 Å². The van der Waals surface area contributed by atoms with Gasteiger partial charge in [-0.25, -0.2) is 0 Å². The van der Waals surface area contributed by atoms with Gasteiger partial charge in [0.15, 0.2) is 0 Å². The van der Waals surface area contributed by atoms with E-state index in [9.17, 15) is 0 Å². The summed E-state index contributed by atoms with van der Waals surface area (Å²) >= 11 is 0. The van der Waals surface area contributed by atoms with Crippen molar-refractivity contribution in [1.82, 2.24) is 0 Å². The van der Waals surface area contributed by atoms with Crippen molar-refractivity contribution in [2.75, 3.05) is 0 Å². The second kappa shape index (κ2) is 12.6. The SMILES string of the molecule is CCC1CC2C(c3ccc(C(C)(C)C)cc3)CCCC2C1[Si](C)(C)C1C(CC)CC2C(c3ccc(C(C)(C)C)cc3)CCCC21. The third-order valence-corrected chi connectivity index (χ3v) is 19.7. The zero-order valence-corrected chi connectivity index (χ0v) is 32.0. The Morgan fingerprint density at radius 3 is 1.20 bits per heavy atom. The first-order valence-electron chi connectivity index (χ1n) is 19.5. The average Bonchev–Trinajstić information content (AvgIpc) is 3.60. The number of hydrogen-bond donors (Lipinski definition) is 0. The summed E-state index contributed by atoms with van der Waals surface area (Å²) in [6.45, 7) is 25.1. The van der Waals surface area contributed by atoms with E-state index in [0.717, 1.165) is 58.4 Å². The molecule has 248 valence electrons. The molecule has 45 heavy (non-hydrogen) atoms. The second-order valence-electron chi connectivity index (χ2n) is 19.2. The molecule has 4 saturated carbocycles. The summed E-state index contributed by atoms with van der Waals surface area (Å²) in [5, 5.41) is 0. The van der Waals surface area contributed by atoms with Crippen LogP contribution in [0.5, 0.6) is 0 Å². The van der Waals surface area contributed by atoms with Gasteiger partial charge in [0.05, 0.1) is 8.07 Å². The fourth-order valence-corrected chi connectivity index (χ4v) is 19.2. The maximum Gasteiger partial charge on any atom is 0.0547 e. The van der Waals surface area contributed by atoms with Crippen molar-refractivity contribution in [2.45, 2.75) is 166 Å². The van der Waals surface area contributed by atoms with E-state index >= 15 is 0 Å². The lowest BCUT2D eigenvalue weighted by molar-refractivity contribution is 0.226. The minimum Gasteiger partial charge on any atom is -0.0689 e. The quantitative estimate of drug-likeness (QED) is 0.280. The van der Waals surface area contributed by atoms with Gasteiger partial charge in [0.2, 0.25) is 0 Å². The molecule has 2 aromatic carbocycles. The zero-order chi connectivity index (χ0) is 32.3. The van der Waals surface area contributed by atoms with E-state index in [-0.39, 0.29) is 10.8 Å². The predicted molar refractivity (Wildman–Crippen MR) is 199 cm³/mol. The lowest BCUT2D eigenvalue weighted by Crippen LogP contribution is -2.47. The lowest BCUT2D eigenvalue weighted by atomic mass is 9.70. The van der Waals surface area contributed by atoms with Crippen LogP contribution in [0.25, 0.3) is 0 Å². The molecule has 0 spiro atoms. The molecule has 0 aliphatic heterocycles. The maximum atomic E-state index is 2.93. The Hall–Kier alpha value is -1.34. The average molecular weight is 625 g/mol. The standard InChI is InChI=1S/C44H68Si/c1-11-29-27-39-35(31-19-23-33(24-20-31)43(3,4)5)15-13-17-37(39)41(29)45(9,10)42-30(12-2)28-40-36(16-14-18-38(40)42)32-21-25-34(26-22-32)44(6,7)8/h19-26,29-30,35-42H,11-18,27-28H2,1-10H3. The van der Waals surface area contributed by atoms with Gasteiger partial charge in [-0.05, 0) is 117 Å². The molecule has 0 saturated heterocycles. The minimum atomic E-state index is -1.55. The molecule has 0 nitrogen and oxygen atoms in total. The Bertz CT molecular complexity index is 1170. The van der Waals surface area contributed by atoms with E-state index in [2.05, 4.69) is 117 Å². The van der Waals surface area contributed by atoms with Crippen LogP contribution in [0, 0.1) is 35.5 Å². The minimum absolute atomic E-state index is 0.234. The molecule has 0 amide bonds. The van der Waals surface area contributed by atoms with Gasteiger partial charge in [-0.3, -0.25) is 0 Å². The molecule has 4 aliphatic carbocycles. The molecular weight excluding hydrogens is 557 g/mol. The summed E-state index contributed by atoms with van der Waals surface area (Å²) in [7, 11) is -1.55. The van der Waals surface area contributed by atoms with Gasteiger partial charge in [0, 0.05) is 0 Å². The summed E-state index contributed by atoms with van der Waals surface area (Å²) in [4.78, 5) is 0. The third-order valence-electron chi connectivity index (χ3n) is 14.5. The zero-order valence-electron chi connectivity index (χ0n) is 31.0. The molecule has 0 aromatic heterocycles. The smallest absolute Gasteiger partial charge is 0.0547 e. The number of benzene rings is 2. The Morgan fingerprint density at radius 2 is 0.889 bits per heavy atom. The lowest BCUT2D eigenvalue weighted by Gasteiger charge is -2.49. The van der Waals surface area contributed by atoms with E-state index in [1.54, 1.807) is 11.1 Å². The number of fused-ring (bicyclic) bond motifs is 2. The highest BCUT2D eigenvalue weighted by Crippen LogP contribution is 2.68. The first kappa shape index (κ1) is 33.6. The molecule has 10 atom stereocenters. The first-order chi connectivity index (χ1) is 21.3. The van der Waals surface area contributed by atoms with E-state index in [1.807, 2.05) is 0 Å². The van der Waals surface area contributed by atoms with E-state index in [1.165, 1.54) is 75.3 Å². The highest BCUT2D eigenvalue weighted by Gasteiger charge is 2.60. The largest absolute Gasteiger partial charge is 0.0689 e. The van der Waals surface area contributed by atoms with Gasteiger partial charge in [-0.2, -0.15) is 0 Å². The Kier molecular flexibility index (Phi) is 9.39. The highest BCUT2D eigenvalue weighted by atomic mass is 28.3. The van der Waals surface area contributed by atoms with Crippen molar-refractivity contribution in [3.05, 3.63) is 70.8 Å². The van der Waals surface area contributed by atoms with Crippen LogP contribution in [0.15, 0.2) is 48.5 Å². The maximum absolute atomic E-state index is 2.93. The van der Waals surface area contributed by atoms with Gasteiger partial charge in [0.25, 0.3) is 0 Å². The molecule has 0 N–H and O–H groups in total.